The predicted octanol–water partition coefficient (Wildman–Crippen LogP) is 8.73. The van der Waals surface area contributed by atoms with Crippen LogP contribution in [0.15, 0.2) is 95.9 Å². The number of ether oxygens (including phenoxy) is 1. The van der Waals surface area contributed by atoms with Crippen molar-refractivity contribution in [2.75, 3.05) is 44.5 Å². The Labute approximate surface area is 341 Å². The summed E-state index contributed by atoms with van der Waals surface area (Å²) in [6.07, 6.45) is -16.4. The molecule has 1 atom stereocenters. The lowest BCUT2D eigenvalue weighted by Gasteiger charge is -2.40. The average Bonchev–Trinajstić information content (AvgIpc) is 3.28. The number of piperidine rings is 1. The molecular weight excluding hydrogens is 710 g/mol. The van der Waals surface area contributed by atoms with Gasteiger partial charge < -0.3 is 24.5 Å². The topological polar surface area (TPSA) is 56.3 Å². The first-order chi connectivity index (χ1) is 33.9. The van der Waals surface area contributed by atoms with Crippen LogP contribution in [0.2, 0.25) is 0 Å². The molecule has 1 fully saturated rings. The average molecular weight is 774 g/mol. The van der Waals surface area contributed by atoms with E-state index in [1.165, 1.54) is 12.1 Å². The van der Waals surface area contributed by atoms with Crippen molar-refractivity contribution in [3.63, 3.8) is 0 Å². The third-order valence-corrected chi connectivity index (χ3v) is 8.67. The third kappa shape index (κ3) is 9.29. The van der Waals surface area contributed by atoms with Crippen LogP contribution in [0.5, 0.6) is 0 Å². The molecule has 53 heavy (non-hydrogen) atoms. The molecular formula is C41H42F5N3O3S. The molecule has 0 spiro atoms. The number of hydrogen-bond acceptors (Lipinski definition) is 6. The van der Waals surface area contributed by atoms with E-state index in [1.54, 1.807) is 0 Å². The maximum absolute atomic E-state index is 15.7. The number of amides is 1. The van der Waals surface area contributed by atoms with Gasteiger partial charge in [-0.2, -0.15) is 13.2 Å². The number of methoxy groups -OCH3 is 1. The highest BCUT2D eigenvalue weighted by Crippen LogP contribution is 2.41. The van der Waals surface area contributed by atoms with Crippen LogP contribution in [-0.2, 0) is 28.0 Å². The number of rotatable bonds is 12. The molecule has 12 heteroatoms. The molecule has 1 saturated heterocycles. The number of benzene rings is 4. The molecule has 1 N–H and O–H groups in total. The number of carbonyl (C=O) groups excluding carboxylic acids is 1. The fourth-order valence-corrected chi connectivity index (χ4v) is 6.02. The van der Waals surface area contributed by atoms with Gasteiger partial charge in [0.25, 0.3) is 0 Å². The molecule has 4 aromatic rings. The lowest BCUT2D eigenvalue weighted by Crippen LogP contribution is -2.50. The second-order valence-electron chi connectivity index (χ2n) is 11.2. The summed E-state index contributed by atoms with van der Waals surface area (Å²) in [4.78, 5) is 14.4. The van der Waals surface area contributed by atoms with Crippen molar-refractivity contribution in [1.29, 1.82) is 0 Å². The van der Waals surface area contributed by atoms with Gasteiger partial charge in [-0.15, -0.1) is 11.8 Å². The van der Waals surface area contributed by atoms with Crippen LogP contribution < -0.4 is 4.90 Å². The van der Waals surface area contributed by atoms with Gasteiger partial charge in [-0.05, 0) is 66.7 Å². The molecule has 0 aromatic heterocycles. The van der Waals surface area contributed by atoms with Crippen LogP contribution in [-0.4, -0.2) is 66.4 Å². The number of likely N-dealkylation sites (tertiary alicyclic amines) is 1. The second-order valence-corrected chi connectivity index (χ2v) is 12.2. The summed E-state index contributed by atoms with van der Waals surface area (Å²) in [5.74, 6) is -6.00. The first-order valence-electron chi connectivity index (χ1n) is 26.3. The Balaban J connectivity index is 1.64. The Kier molecular flexibility index (Phi) is 6.16. The molecule has 6 rings (SSSR count). The van der Waals surface area contributed by atoms with E-state index < -0.39 is 157 Å². The smallest absolute Gasteiger partial charge is 0.384 e. The molecule has 6 nitrogen and oxygen atoms in total. The molecule has 4 aromatic carbocycles. The highest BCUT2D eigenvalue weighted by atomic mass is 32.2. The molecule has 280 valence electrons. The number of nitrogens with zero attached hydrogens (tertiary/aromatic N) is 3. The maximum atomic E-state index is 15.7. The molecule has 1 amide bonds. The SMILES string of the molecule is [2H]C1=C(SCc2cccc(F)c2F)N(C([2H])([2H])C(=O)N(Cc2ccc(-c3ccc(C(F)(F)F)cc3)cc2)C2([2H])C([2H])([2H])C([2H])([2H])N(C([2H])([2H])C([2H])([2H])OC([2H])([2H])[2H])C([2H])([2H])C2([2H])[2H])c2c([2H])c([2H])c(C)c([2H])c2C1O. The lowest BCUT2D eigenvalue weighted by molar-refractivity contribution is -0.137. The summed E-state index contributed by atoms with van der Waals surface area (Å²) < 4.78 is 267. The van der Waals surface area contributed by atoms with Gasteiger partial charge in [0.1, 0.15) is 12.6 Å². The molecule has 2 heterocycles. The third-order valence-electron chi connectivity index (χ3n) is 7.65. The van der Waals surface area contributed by atoms with Gasteiger partial charge in [-0.1, -0.05) is 66.2 Å². The van der Waals surface area contributed by atoms with Gasteiger partial charge >= 0.3 is 6.18 Å². The van der Waals surface area contributed by atoms with E-state index >= 15 is 9.18 Å². The van der Waals surface area contributed by atoms with E-state index in [0.29, 0.717) is 0 Å². The largest absolute Gasteiger partial charge is 0.416 e. The molecule has 0 aliphatic carbocycles. The van der Waals surface area contributed by atoms with Crippen LogP contribution in [0.3, 0.4) is 0 Å². The Morgan fingerprint density at radius 3 is 2.47 bits per heavy atom. The van der Waals surface area contributed by atoms with Gasteiger partial charge in [0.05, 0.1) is 33.6 Å². The fraction of sp³-hybridized carbons (Fsp3) is 0.341. The quantitative estimate of drug-likeness (QED) is 0.146. The van der Waals surface area contributed by atoms with E-state index in [0.717, 1.165) is 61.5 Å². The van der Waals surface area contributed by atoms with Crippen LogP contribution >= 0.6 is 11.8 Å². The van der Waals surface area contributed by atoms with Crippen molar-refractivity contribution in [3.8, 4) is 11.1 Å². The first kappa shape index (κ1) is 19.4. The number of aliphatic hydroxyl groups is 1. The number of fused-ring (bicyclic) bond motifs is 1. The highest BCUT2D eigenvalue weighted by molar-refractivity contribution is 8.02. The van der Waals surface area contributed by atoms with Gasteiger partial charge in [-0.3, -0.25) is 4.79 Å². The summed E-state index contributed by atoms with van der Waals surface area (Å²) in [5.41, 5.74) is -3.75. The maximum Gasteiger partial charge on any atom is 0.416 e. The number of aliphatic hydroxyl groups excluding tert-OH is 1. The van der Waals surface area contributed by atoms with E-state index in [1.807, 2.05) is 0 Å². The van der Waals surface area contributed by atoms with Crippen molar-refractivity contribution in [3.05, 3.63) is 135 Å². The minimum absolute atomic E-state index is 0.104. The molecule has 2 aliphatic heterocycles. The molecule has 0 bridgehead atoms. The van der Waals surface area contributed by atoms with E-state index in [-0.39, 0.29) is 43.8 Å². The zero-order chi connectivity index (χ0) is 57.2. The lowest BCUT2D eigenvalue weighted by atomic mass is 9.99. The zero-order valence-electron chi connectivity index (χ0n) is 49.2. The van der Waals surface area contributed by atoms with E-state index in [9.17, 15) is 32.3 Å². The highest BCUT2D eigenvalue weighted by Gasteiger charge is 2.33. The van der Waals surface area contributed by atoms with E-state index in [4.69, 9.17) is 20.6 Å². The standard InChI is InChI=1S/C41H42F5N3O3S/c1-27-6-15-36-34(22-27)37(50)23-39(53-26-31-4-3-5-35(42)40(31)43)49(36)25-38(51)48(33-16-18-47(19-17-33)20-21-52-2)24-28-7-9-29(10-8-28)30-11-13-32(14-12-30)41(44,45)46/h3-15,22-23,33,37,50H,16-21,24-26H2,1-2H3/i2D3,6D,15D,16D2,17D2,18D2,19D2,20D2,21D2,22D,23D,25D2,33D. The molecule has 2 aliphatic rings. The van der Waals surface area contributed by atoms with Crippen molar-refractivity contribution >= 4 is 23.4 Å². The number of hydrogen-bond donors (Lipinski definition) is 1. The van der Waals surface area contributed by atoms with Gasteiger partial charge in [-0.25, -0.2) is 8.78 Å². The Morgan fingerprint density at radius 2 is 1.79 bits per heavy atom. The summed E-state index contributed by atoms with van der Waals surface area (Å²) in [5, 5.41) is 10.6. The van der Waals surface area contributed by atoms with Crippen LogP contribution in [0.1, 0.15) is 76.8 Å². The summed E-state index contributed by atoms with van der Waals surface area (Å²) in [7, 11) is -3.88. The first-order valence-corrected chi connectivity index (χ1v) is 16.3. The Bertz CT molecular complexity index is 2900. The number of thioether (sulfide) groups is 1. The van der Waals surface area contributed by atoms with Crippen LogP contribution in [0.4, 0.5) is 27.6 Å². The molecule has 0 radical (unpaired) electrons. The Hall–Kier alpha value is -4.23. The fourth-order valence-electron chi connectivity index (χ4n) is 5.04. The summed E-state index contributed by atoms with van der Waals surface area (Å²) >= 11 is 0.208. The van der Waals surface area contributed by atoms with Crippen molar-refractivity contribution < 1.29 is 66.7 Å². The van der Waals surface area contributed by atoms with Crippen molar-refractivity contribution in [1.82, 2.24) is 9.80 Å². The monoisotopic (exact) mass is 773 g/mol. The normalized spacial score (nSPS) is 28.4. The minimum atomic E-state index is -4.73. The molecule has 0 saturated carbocycles. The minimum Gasteiger partial charge on any atom is -0.384 e. The van der Waals surface area contributed by atoms with Gasteiger partial charge in [0, 0.05) is 75.4 Å². The summed E-state index contributed by atoms with van der Waals surface area (Å²) in [6, 6.07) is 2.47. The Morgan fingerprint density at radius 1 is 1.09 bits per heavy atom. The van der Waals surface area contributed by atoms with Gasteiger partial charge in [0.15, 0.2) is 11.6 Å². The second kappa shape index (κ2) is 16.8. The number of alkyl halides is 3. The molecule has 1 unspecified atom stereocenters. The van der Waals surface area contributed by atoms with E-state index in [2.05, 4.69) is 4.74 Å². The number of carbonyl (C=O) groups is 1. The van der Waals surface area contributed by atoms with Gasteiger partial charge in [0.2, 0.25) is 5.91 Å². The van der Waals surface area contributed by atoms with Crippen LogP contribution in [0.25, 0.3) is 11.1 Å². The van der Waals surface area contributed by atoms with Crippen molar-refractivity contribution in [2.24, 2.45) is 0 Å². The van der Waals surface area contributed by atoms with Crippen molar-refractivity contribution in [2.45, 2.75) is 50.3 Å². The zero-order valence-corrected chi connectivity index (χ0v) is 28.1. The number of anilines is 1. The summed E-state index contributed by atoms with van der Waals surface area (Å²) in [6.45, 7) is -22.9. The number of halogens is 5. The van der Waals surface area contributed by atoms with Crippen LogP contribution in [0, 0.1) is 18.6 Å². The predicted molar refractivity (Wildman–Crippen MR) is 198 cm³/mol.